The van der Waals surface area contributed by atoms with Crippen LogP contribution in [0.2, 0.25) is 0 Å². The minimum Gasteiger partial charge on any atom is -0.384 e. The molecule has 24 heavy (non-hydrogen) atoms. The summed E-state index contributed by atoms with van der Waals surface area (Å²) in [5.41, 5.74) is 2.50. The Hall–Kier alpha value is -2.18. The minimum atomic E-state index is -0.313. The van der Waals surface area contributed by atoms with Crippen LogP contribution in [0.4, 0.5) is 4.39 Å². The van der Waals surface area contributed by atoms with Crippen molar-refractivity contribution in [3.8, 4) is 17.1 Å². The van der Waals surface area contributed by atoms with Gasteiger partial charge >= 0.3 is 0 Å². The Balaban J connectivity index is 2.09. The fourth-order valence-electron chi connectivity index (χ4n) is 2.32. The van der Waals surface area contributed by atoms with Gasteiger partial charge in [0.2, 0.25) is 0 Å². The second-order valence-electron chi connectivity index (χ2n) is 5.30. The molecular formula is C18H18FN3OS. The highest BCUT2D eigenvalue weighted by atomic mass is 32.2. The van der Waals surface area contributed by atoms with Crippen molar-refractivity contribution >= 4 is 11.8 Å². The second kappa shape index (κ2) is 7.59. The molecule has 6 heteroatoms. The lowest BCUT2D eigenvalue weighted by atomic mass is 10.2. The number of hydrogen-bond acceptors (Lipinski definition) is 4. The van der Waals surface area contributed by atoms with Gasteiger partial charge in [-0.05, 0) is 31.2 Å². The summed E-state index contributed by atoms with van der Waals surface area (Å²) in [6.07, 6.45) is 0. The van der Waals surface area contributed by atoms with E-state index < -0.39 is 0 Å². The van der Waals surface area contributed by atoms with Gasteiger partial charge in [0.15, 0.2) is 11.0 Å². The fraction of sp³-hybridized carbons (Fsp3) is 0.222. The second-order valence-corrected chi connectivity index (χ2v) is 6.36. The maximum Gasteiger partial charge on any atom is 0.196 e. The van der Waals surface area contributed by atoms with Crippen LogP contribution in [0.1, 0.15) is 5.56 Å². The molecule has 1 heterocycles. The predicted molar refractivity (Wildman–Crippen MR) is 94.1 cm³/mol. The molecule has 0 saturated heterocycles. The number of aromatic nitrogens is 3. The van der Waals surface area contributed by atoms with Crippen molar-refractivity contribution in [2.24, 2.45) is 0 Å². The van der Waals surface area contributed by atoms with Crippen molar-refractivity contribution in [3.05, 3.63) is 59.9 Å². The molecular weight excluding hydrogens is 325 g/mol. The Morgan fingerprint density at radius 1 is 1.08 bits per heavy atom. The molecule has 0 aliphatic carbocycles. The quantitative estimate of drug-likeness (QED) is 0.499. The lowest BCUT2D eigenvalue weighted by Gasteiger charge is -2.11. The molecule has 0 radical (unpaired) electrons. The number of nitrogens with zero attached hydrogens (tertiary/aromatic N) is 3. The minimum absolute atomic E-state index is 0.313. The van der Waals surface area contributed by atoms with Gasteiger partial charge in [-0.2, -0.15) is 0 Å². The molecule has 4 nitrogen and oxygen atoms in total. The number of benzene rings is 2. The monoisotopic (exact) mass is 343 g/mol. The third-order valence-corrected chi connectivity index (χ3v) is 4.45. The lowest BCUT2D eigenvalue weighted by molar-refractivity contribution is 0.218. The molecule has 2 aromatic carbocycles. The number of rotatable bonds is 6. The van der Waals surface area contributed by atoms with E-state index in [0.29, 0.717) is 23.2 Å². The lowest BCUT2D eigenvalue weighted by Crippen LogP contribution is -2.02. The van der Waals surface area contributed by atoms with Gasteiger partial charge in [-0.1, -0.05) is 41.6 Å². The molecule has 0 fully saturated rings. The van der Waals surface area contributed by atoms with Crippen LogP contribution < -0.4 is 0 Å². The van der Waals surface area contributed by atoms with Crippen molar-refractivity contribution in [2.75, 3.05) is 19.5 Å². The largest absolute Gasteiger partial charge is 0.384 e. The average molecular weight is 343 g/mol. The van der Waals surface area contributed by atoms with Gasteiger partial charge in [0.25, 0.3) is 0 Å². The van der Waals surface area contributed by atoms with E-state index in [2.05, 4.69) is 10.2 Å². The summed E-state index contributed by atoms with van der Waals surface area (Å²) in [5.74, 6) is 0.932. The molecule has 0 unspecified atom stereocenters. The molecule has 0 saturated carbocycles. The highest BCUT2D eigenvalue weighted by Crippen LogP contribution is 2.29. The van der Waals surface area contributed by atoms with Gasteiger partial charge in [0.05, 0.1) is 12.2 Å². The average Bonchev–Trinajstić information content (AvgIpc) is 3.00. The highest BCUT2D eigenvalue weighted by Gasteiger charge is 2.18. The van der Waals surface area contributed by atoms with Crippen LogP contribution >= 0.6 is 11.8 Å². The standard InChI is InChI=1S/C18H18FN3OS/c1-13-7-9-14(10-8-13)22-17(15-5-3-4-6-16(15)19)20-21-18(22)24-12-11-23-2/h3-10H,11-12H2,1-2H3. The number of methoxy groups -OCH3 is 1. The zero-order valence-corrected chi connectivity index (χ0v) is 14.4. The Kier molecular flexibility index (Phi) is 5.27. The topological polar surface area (TPSA) is 39.9 Å². The van der Waals surface area contributed by atoms with Crippen LogP contribution in [0.25, 0.3) is 17.1 Å². The SMILES string of the molecule is COCCSc1nnc(-c2ccccc2F)n1-c1ccc(C)cc1. The third kappa shape index (κ3) is 3.49. The first kappa shape index (κ1) is 16.7. The van der Waals surface area contributed by atoms with Crippen molar-refractivity contribution < 1.29 is 9.13 Å². The summed E-state index contributed by atoms with van der Waals surface area (Å²) in [7, 11) is 1.66. The summed E-state index contributed by atoms with van der Waals surface area (Å²) >= 11 is 1.53. The van der Waals surface area contributed by atoms with Crippen LogP contribution in [0.5, 0.6) is 0 Å². The molecule has 0 amide bonds. The number of thioether (sulfide) groups is 1. The van der Waals surface area contributed by atoms with E-state index in [1.807, 2.05) is 35.8 Å². The number of aryl methyl sites for hydroxylation is 1. The van der Waals surface area contributed by atoms with Crippen LogP contribution in [0, 0.1) is 12.7 Å². The third-order valence-electron chi connectivity index (χ3n) is 3.56. The Morgan fingerprint density at radius 2 is 1.83 bits per heavy atom. The smallest absolute Gasteiger partial charge is 0.196 e. The predicted octanol–water partition coefficient (Wildman–Crippen LogP) is 4.12. The van der Waals surface area contributed by atoms with Gasteiger partial charge < -0.3 is 4.74 Å². The van der Waals surface area contributed by atoms with Crippen LogP contribution in [-0.2, 0) is 4.74 Å². The highest BCUT2D eigenvalue weighted by molar-refractivity contribution is 7.99. The van der Waals surface area contributed by atoms with E-state index in [1.165, 1.54) is 17.8 Å². The van der Waals surface area contributed by atoms with E-state index >= 15 is 0 Å². The molecule has 124 valence electrons. The summed E-state index contributed by atoms with van der Waals surface area (Å²) in [6.45, 7) is 2.64. The van der Waals surface area contributed by atoms with Gasteiger partial charge in [-0.3, -0.25) is 4.57 Å². The Labute approximate surface area is 144 Å². The van der Waals surface area contributed by atoms with Crippen molar-refractivity contribution in [1.29, 1.82) is 0 Å². The molecule has 0 bridgehead atoms. The van der Waals surface area contributed by atoms with Crippen molar-refractivity contribution in [2.45, 2.75) is 12.1 Å². The summed E-state index contributed by atoms with van der Waals surface area (Å²) in [4.78, 5) is 0. The maximum absolute atomic E-state index is 14.2. The van der Waals surface area contributed by atoms with E-state index in [4.69, 9.17) is 4.74 Å². The van der Waals surface area contributed by atoms with Crippen LogP contribution in [0.15, 0.2) is 53.7 Å². The van der Waals surface area contributed by atoms with Gasteiger partial charge in [0.1, 0.15) is 5.82 Å². The molecule has 0 atom stereocenters. The summed E-state index contributed by atoms with van der Waals surface area (Å²) in [5, 5.41) is 9.21. The van der Waals surface area contributed by atoms with Crippen LogP contribution in [-0.4, -0.2) is 34.2 Å². The molecule has 1 aromatic heterocycles. The van der Waals surface area contributed by atoms with E-state index in [9.17, 15) is 4.39 Å². The molecule has 3 rings (SSSR count). The van der Waals surface area contributed by atoms with Crippen molar-refractivity contribution in [3.63, 3.8) is 0 Å². The van der Waals surface area contributed by atoms with Crippen molar-refractivity contribution in [1.82, 2.24) is 14.8 Å². The van der Waals surface area contributed by atoms with Gasteiger partial charge in [0, 0.05) is 18.6 Å². The Bertz CT molecular complexity index is 817. The summed E-state index contributed by atoms with van der Waals surface area (Å²) < 4.78 is 21.2. The zero-order valence-electron chi connectivity index (χ0n) is 13.6. The number of ether oxygens (including phenoxy) is 1. The Morgan fingerprint density at radius 3 is 2.54 bits per heavy atom. The molecule has 0 N–H and O–H groups in total. The van der Waals surface area contributed by atoms with Crippen LogP contribution in [0.3, 0.4) is 0 Å². The number of hydrogen-bond donors (Lipinski definition) is 0. The van der Waals surface area contributed by atoms with E-state index in [1.54, 1.807) is 25.3 Å². The maximum atomic E-state index is 14.2. The van der Waals surface area contributed by atoms with E-state index in [0.717, 1.165) is 17.0 Å². The molecule has 0 aliphatic heterocycles. The summed E-state index contributed by atoms with van der Waals surface area (Å²) in [6, 6.07) is 14.6. The first-order valence-electron chi connectivity index (χ1n) is 7.60. The fourth-order valence-corrected chi connectivity index (χ4v) is 3.18. The first-order chi connectivity index (χ1) is 11.7. The molecule has 0 spiro atoms. The molecule has 3 aromatic rings. The van der Waals surface area contributed by atoms with Gasteiger partial charge in [-0.15, -0.1) is 10.2 Å². The first-order valence-corrected chi connectivity index (χ1v) is 8.58. The molecule has 0 aliphatic rings. The van der Waals surface area contributed by atoms with E-state index in [-0.39, 0.29) is 5.82 Å². The number of halogens is 1. The zero-order chi connectivity index (χ0) is 16.9. The van der Waals surface area contributed by atoms with Gasteiger partial charge in [-0.25, -0.2) is 4.39 Å². The normalized spacial score (nSPS) is 11.0.